The summed E-state index contributed by atoms with van der Waals surface area (Å²) >= 11 is 0. The van der Waals surface area contributed by atoms with E-state index in [4.69, 9.17) is 13.9 Å². The first-order valence-electron chi connectivity index (χ1n) is 9.29. The number of methoxy groups -OCH3 is 1. The van der Waals surface area contributed by atoms with Gasteiger partial charge in [-0.05, 0) is 31.4 Å². The number of carbonyl (C=O) groups is 1. The summed E-state index contributed by atoms with van der Waals surface area (Å²) in [6.07, 6.45) is 2.95. The van der Waals surface area contributed by atoms with Gasteiger partial charge in [0.05, 0.1) is 23.8 Å². The van der Waals surface area contributed by atoms with Crippen molar-refractivity contribution < 1.29 is 18.7 Å². The fourth-order valence-electron chi connectivity index (χ4n) is 4.22. The normalized spacial score (nSPS) is 26.1. The van der Waals surface area contributed by atoms with Crippen LogP contribution in [0.4, 0.5) is 5.69 Å². The average Bonchev–Trinajstić information content (AvgIpc) is 3.22. The lowest BCUT2D eigenvalue weighted by molar-refractivity contribution is -0.145. The Hall–Kier alpha value is -2.16. The molecule has 8 nitrogen and oxygen atoms in total. The topological polar surface area (TPSA) is 85.9 Å². The number of ether oxygens (including phenoxy) is 2. The third-order valence-electron chi connectivity index (χ3n) is 5.72. The van der Waals surface area contributed by atoms with Gasteiger partial charge in [0.1, 0.15) is 0 Å². The molecule has 2 aliphatic heterocycles. The second kappa shape index (κ2) is 7.10. The maximum absolute atomic E-state index is 12.5. The molecule has 3 heterocycles. The van der Waals surface area contributed by atoms with E-state index in [1.807, 2.05) is 0 Å². The minimum Gasteiger partial charge on any atom is -0.408 e. The molecule has 2 atom stereocenters. The van der Waals surface area contributed by atoms with Crippen LogP contribution in [0, 0.1) is 0 Å². The van der Waals surface area contributed by atoms with Crippen LogP contribution in [0.3, 0.4) is 0 Å². The Balaban J connectivity index is 1.39. The molecular weight excluding hydrogens is 350 g/mol. The number of fused-ring (bicyclic) bond motifs is 1. The number of piperidine rings is 1. The number of amides is 1. The predicted molar refractivity (Wildman–Crippen MR) is 99.9 cm³/mol. The number of nitrogens with zero attached hydrogens (tertiary/aromatic N) is 2. The van der Waals surface area contributed by atoms with Crippen molar-refractivity contribution in [2.24, 2.45) is 7.05 Å². The lowest BCUT2D eigenvalue weighted by Gasteiger charge is -2.44. The summed E-state index contributed by atoms with van der Waals surface area (Å²) in [5.41, 5.74) is 1.58. The monoisotopic (exact) mass is 375 g/mol. The fraction of sp³-hybridized carbons (Fsp3) is 0.579. The Kier molecular flexibility index (Phi) is 4.79. The molecular formula is C19H25N3O5. The van der Waals surface area contributed by atoms with Crippen molar-refractivity contribution in [1.29, 1.82) is 0 Å². The first-order valence-corrected chi connectivity index (χ1v) is 9.29. The zero-order valence-electron chi connectivity index (χ0n) is 15.7. The molecule has 1 aromatic carbocycles. The average molecular weight is 375 g/mol. The van der Waals surface area contributed by atoms with Crippen LogP contribution in [-0.4, -0.2) is 60.4 Å². The van der Waals surface area contributed by atoms with Crippen LogP contribution in [0.15, 0.2) is 27.4 Å². The molecule has 0 aliphatic carbocycles. The quantitative estimate of drug-likeness (QED) is 0.868. The number of nitrogens with one attached hydrogen (secondary N) is 1. The highest BCUT2D eigenvalue weighted by molar-refractivity contribution is 5.94. The minimum atomic E-state index is -0.421. The van der Waals surface area contributed by atoms with Crippen LogP contribution >= 0.6 is 0 Å². The second-order valence-electron chi connectivity index (χ2n) is 7.38. The predicted octanol–water partition coefficient (Wildman–Crippen LogP) is 1.34. The third kappa shape index (κ3) is 3.40. The maximum Gasteiger partial charge on any atom is 0.419 e. The molecule has 1 amide bonds. The Morgan fingerprint density at radius 1 is 1.41 bits per heavy atom. The number of hydrogen-bond acceptors (Lipinski definition) is 6. The summed E-state index contributed by atoms with van der Waals surface area (Å²) in [5.74, 6) is -0.527. The first-order chi connectivity index (χ1) is 13.0. The van der Waals surface area contributed by atoms with E-state index in [-0.39, 0.29) is 24.2 Å². The zero-order chi connectivity index (χ0) is 19.0. The van der Waals surface area contributed by atoms with Gasteiger partial charge in [0, 0.05) is 45.6 Å². The highest BCUT2D eigenvalue weighted by Crippen LogP contribution is 2.37. The number of likely N-dealkylation sites (tertiary alicyclic amines) is 1. The van der Waals surface area contributed by atoms with E-state index in [0.717, 1.165) is 32.4 Å². The number of oxazole rings is 1. The number of aryl methyl sites for hydroxylation is 1. The number of aromatic nitrogens is 1. The number of anilines is 1. The first kappa shape index (κ1) is 18.2. The molecule has 0 unspecified atom stereocenters. The van der Waals surface area contributed by atoms with Gasteiger partial charge in [0.2, 0.25) is 5.91 Å². The zero-order valence-corrected chi connectivity index (χ0v) is 15.7. The molecule has 4 rings (SSSR count). The summed E-state index contributed by atoms with van der Waals surface area (Å²) in [4.78, 5) is 26.1. The van der Waals surface area contributed by atoms with Crippen molar-refractivity contribution in [3.63, 3.8) is 0 Å². The highest BCUT2D eigenvalue weighted by atomic mass is 16.5. The van der Waals surface area contributed by atoms with Gasteiger partial charge in [0.25, 0.3) is 0 Å². The number of carbonyl (C=O) groups excluding carboxylic acids is 1. The van der Waals surface area contributed by atoms with Gasteiger partial charge in [-0.15, -0.1) is 0 Å². The van der Waals surface area contributed by atoms with Gasteiger partial charge in [-0.1, -0.05) is 0 Å². The number of hydrogen-bond donors (Lipinski definition) is 1. The van der Waals surface area contributed by atoms with E-state index in [1.165, 1.54) is 4.57 Å². The van der Waals surface area contributed by atoms with Gasteiger partial charge >= 0.3 is 5.76 Å². The molecule has 2 saturated heterocycles. The summed E-state index contributed by atoms with van der Waals surface area (Å²) in [7, 11) is 3.36. The molecule has 146 valence electrons. The van der Waals surface area contributed by atoms with Crippen molar-refractivity contribution >= 4 is 22.7 Å². The lowest BCUT2D eigenvalue weighted by Crippen LogP contribution is -2.57. The summed E-state index contributed by atoms with van der Waals surface area (Å²) in [5, 5.41) is 2.88. The Labute approximate surface area is 157 Å². The smallest absolute Gasteiger partial charge is 0.408 e. The lowest BCUT2D eigenvalue weighted by atomic mass is 9.86. The molecule has 2 fully saturated rings. The minimum absolute atomic E-state index is 0.0171. The molecule has 0 bridgehead atoms. The van der Waals surface area contributed by atoms with Crippen molar-refractivity contribution in [3.8, 4) is 0 Å². The molecule has 2 aromatic rings. The molecule has 27 heavy (non-hydrogen) atoms. The van der Waals surface area contributed by atoms with Gasteiger partial charge in [-0.25, -0.2) is 4.79 Å². The van der Waals surface area contributed by atoms with Gasteiger partial charge in [-0.2, -0.15) is 0 Å². The Bertz CT molecular complexity index is 896. The van der Waals surface area contributed by atoms with E-state index < -0.39 is 5.76 Å². The van der Waals surface area contributed by atoms with E-state index in [1.54, 1.807) is 32.4 Å². The molecule has 0 radical (unpaired) electrons. The van der Waals surface area contributed by atoms with E-state index in [0.29, 0.717) is 23.3 Å². The fourth-order valence-corrected chi connectivity index (χ4v) is 4.22. The van der Waals surface area contributed by atoms with Crippen LogP contribution in [0.2, 0.25) is 0 Å². The molecule has 2 aliphatic rings. The van der Waals surface area contributed by atoms with E-state index in [2.05, 4.69) is 10.2 Å². The summed E-state index contributed by atoms with van der Waals surface area (Å²) in [6, 6.07) is 5.20. The summed E-state index contributed by atoms with van der Waals surface area (Å²) < 4.78 is 18.3. The van der Waals surface area contributed by atoms with Crippen molar-refractivity contribution in [2.75, 3.05) is 38.7 Å². The van der Waals surface area contributed by atoms with Gasteiger partial charge in [-0.3, -0.25) is 14.3 Å². The van der Waals surface area contributed by atoms with Gasteiger partial charge in [0.15, 0.2) is 5.58 Å². The second-order valence-corrected chi connectivity index (χ2v) is 7.38. The van der Waals surface area contributed by atoms with Crippen LogP contribution in [0.5, 0.6) is 0 Å². The summed E-state index contributed by atoms with van der Waals surface area (Å²) in [6.45, 7) is 2.56. The van der Waals surface area contributed by atoms with E-state index >= 15 is 0 Å². The maximum atomic E-state index is 12.5. The van der Waals surface area contributed by atoms with Crippen LogP contribution in [0.1, 0.15) is 19.3 Å². The standard InChI is InChI=1S/C19H25N3O5/c1-21-14-5-4-13(10-15(14)27-18(21)24)20-17(23)12-22-8-7-19(6-3-9-26-19)16(11-22)25-2/h4-5,10,16H,3,6-9,11-12H2,1-2H3,(H,20,23)/t16-,19+/m0/s1. The SMILES string of the molecule is CO[C@H]1CN(CC(=O)Nc2ccc3c(c2)oc(=O)n3C)CC[C@]12CCCO2. The van der Waals surface area contributed by atoms with Crippen LogP contribution in [-0.2, 0) is 21.3 Å². The highest BCUT2D eigenvalue weighted by Gasteiger charge is 2.46. The molecule has 8 heteroatoms. The molecule has 1 aromatic heterocycles. The third-order valence-corrected chi connectivity index (χ3v) is 5.72. The molecule has 0 saturated carbocycles. The van der Waals surface area contributed by atoms with Crippen molar-refractivity contribution in [3.05, 3.63) is 28.7 Å². The Morgan fingerprint density at radius 2 is 2.26 bits per heavy atom. The Morgan fingerprint density at radius 3 is 3.00 bits per heavy atom. The largest absolute Gasteiger partial charge is 0.419 e. The number of benzene rings is 1. The van der Waals surface area contributed by atoms with Crippen LogP contribution < -0.4 is 11.1 Å². The number of rotatable bonds is 4. The molecule has 1 N–H and O–H groups in total. The van der Waals surface area contributed by atoms with Crippen LogP contribution in [0.25, 0.3) is 11.1 Å². The van der Waals surface area contributed by atoms with Crippen molar-refractivity contribution in [2.45, 2.75) is 31.0 Å². The van der Waals surface area contributed by atoms with E-state index in [9.17, 15) is 9.59 Å². The molecule has 1 spiro atoms. The van der Waals surface area contributed by atoms with Gasteiger partial charge < -0.3 is 19.2 Å². The van der Waals surface area contributed by atoms with Crippen molar-refractivity contribution in [1.82, 2.24) is 9.47 Å².